The van der Waals surface area contributed by atoms with Gasteiger partial charge < -0.3 is 4.74 Å². The Balaban J connectivity index is 1.50. The van der Waals surface area contributed by atoms with Crippen LogP contribution in [0.2, 0.25) is 0 Å². The standard InChI is InChI=1S/C27H35N3O4S/c1-18-15-22(27(3,4)16-18)25-21(11-8-14-28-25)26(31)30-35(32,33)24-13-7-12-23(29-24)34-17-20-10-6-5-9-19(20)2/h5-8,11-14,18-20,22H,9-10,15-17H2,1-4H3,(H,30,31). The van der Waals surface area contributed by atoms with Crippen molar-refractivity contribution >= 4 is 15.9 Å². The first-order valence-corrected chi connectivity index (χ1v) is 13.8. The molecule has 2 aliphatic carbocycles. The van der Waals surface area contributed by atoms with Crippen LogP contribution in [0.5, 0.6) is 5.88 Å². The van der Waals surface area contributed by atoms with Crippen LogP contribution in [0, 0.1) is 23.2 Å². The molecule has 4 unspecified atom stereocenters. The molecule has 0 radical (unpaired) electrons. The number of nitrogens with one attached hydrogen (secondary N) is 1. The van der Waals surface area contributed by atoms with Gasteiger partial charge in [0.2, 0.25) is 5.88 Å². The van der Waals surface area contributed by atoms with Crippen LogP contribution in [0.15, 0.2) is 53.7 Å². The zero-order valence-corrected chi connectivity index (χ0v) is 21.7. The smallest absolute Gasteiger partial charge is 0.281 e. The molecule has 2 aliphatic rings. The lowest BCUT2D eigenvalue weighted by molar-refractivity contribution is 0.0978. The number of carbonyl (C=O) groups excluding carboxylic acids is 1. The lowest BCUT2D eigenvalue weighted by Crippen LogP contribution is -2.33. The summed E-state index contributed by atoms with van der Waals surface area (Å²) in [5, 5.41) is -0.250. The third-order valence-electron chi connectivity index (χ3n) is 7.43. The van der Waals surface area contributed by atoms with E-state index in [9.17, 15) is 13.2 Å². The van der Waals surface area contributed by atoms with Gasteiger partial charge in [-0.25, -0.2) is 4.72 Å². The van der Waals surface area contributed by atoms with Crippen molar-refractivity contribution in [2.45, 2.75) is 64.3 Å². The second-order valence-electron chi connectivity index (χ2n) is 10.8. The van der Waals surface area contributed by atoms with E-state index in [1.54, 1.807) is 30.5 Å². The molecule has 0 aliphatic heterocycles. The molecule has 0 aromatic carbocycles. The summed E-state index contributed by atoms with van der Waals surface area (Å²) < 4.78 is 34.1. The highest BCUT2D eigenvalue weighted by atomic mass is 32.2. The fourth-order valence-electron chi connectivity index (χ4n) is 5.50. The first-order valence-electron chi connectivity index (χ1n) is 12.3. The van der Waals surface area contributed by atoms with Gasteiger partial charge in [0.1, 0.15) is 0 Å². The summed E-state index contributed by atoms with van der Waals surface area (Å²) in [5.74, 6) is 0.969. The number of aromatic nitrogens is 2. The number of sulfonamides is 1. The average molecular weight is 498 g/mol. The van der Waals surface area contributed by atoms with Gasteiger partial charge in [0.25, 0.3) is 15.9 Å². The molecule has 0 spiro atoms. The molecule has 1 N–H and O–H groups in total. The van der Waals surface area contributed by atoms with Gasteiger partial charge in [-0.3, -0.25) is 9.78 Å². The van der Waals surface area contributed by atoms with Crippen molar-refractivity contribution in [2.75, 3.05) is 6.61 Å². The zero-order valence-electron chi connectivity index (χ0n) is 20.9. The first-order chi connectivity index (χ1) is 16.6. The van der Waals surface area contributed by atoms with E-state index < -0.39 is 15.9 Å². The molecule has 0 saturated heterocycles. The quantitative estimate of drug-likeness (QED) is 0.534. The molecule has 35 heavy (non-hydrogen) atoms. The monoisotopic (exact) mass is 497 g/mol. The van der Waals surface area contributed by atoms with E-state index in [2.05, 4.69) is 54.5 Å². The summed E-state index contributed by atoms with van der Waals surface area (Å²) in [7, 11) is -4.19. The molecule has 188 valence electrons. The second kappa shape index (κ2) is 10.1. The number of hydrogen-bond acceptors (Lipinski definition) is 6. The second-order valence-corrected chi connectivity index (χ2v) is 12.4. The van der Waals surface area contributed by atoms with Crippen molar-refractivity contribution in [3.05, 3.63) is 59.9 Å². The number of carbonyl (C=O) groups is 1. The minimum absolute atomic E-state index is 0.0273. The molecule has 2 aromatic rings. The van der Waals surface area contributed by atoms with E-state index in [1.807, 2.05) is 0 Å². The summed E-state index contributed by atoms with van der Waals surface area (Å²) >= 11 is 0. The SMILES string of the molecule is CC1CC(c2ncccc2C(=O)NS(=O)(=O)c2cccc(OCC3CC=CCC3C)n2)C(C)(C)C1. The van der Waals surface area contributed by atoms with Crippen LogP contribution in [-0.2, 0) is 10.0 Å². The van der Waals surface area contributed by atoms with Crippen LogP contribution in [0.4, 0.5) is 0 Å². The highest BCUT2D eigenvalue weighted by Crippen LogP contribution is 2.51. The van der Waals surface area contributed by atoms with E-state index in [0.29, 0.717) is 30.1 Å². The topological polar surface area (TPSA) is 98.2 Å². The Morgan fingerprint density at radius 2 is 1.91 bits per heavy atom. The number of nitrogens with zero attached hydrogens (tertiary/aromatic N) is 2. The summed E-state index contributed by atoms with van der Waals surface area (Å²) in [6.45, 7) is 9.19. The maximum absolute atomic E-state index is 13.2. The Hall–Kier alpha value is -2.74. The average Bonchev–Trinajstić information content (AvgIpc) is 3.10. The normalized spacial score (nSPS) is 25.8. The van der Waals surface area contributed by atoms with E-state index >= 15 is 0 Å². The number of amides is 1. The van der Waals surface area contributed by atoms with E-state index in [4.69, 9.17) is 4.74 Å². The fraction of sp³-hybridized carbons (Fsp3) is 0.519. The molecule has 2 heterocycles. The number of pyridine rings is 2. The van der Waals surface area contributed by atoms with Crippen molar-refractivity contribution in [3.8, 4) is 5.88 Å². The van der Waals surface area contributed by atoms with Crippen LogP contribution >= 0.6 is 0 Å². The molecule has 8 heteroatoms. The van der Waals surface area contributed by atoms with E-state index in [1.165, 1.54) is 6.07 Å². The van der Waals surface area contributed by atoms with E-state index in [-0.39, 0.29) is 27.8 Å². The summed E-state index contributed by atoms with van der Waals surface area (Å²) in [6, 6.07) is 7.86. The predicted octanol–water partition coefficient (Wildman–Crippen LogP) is 5.12. The molecular weight excluding hydrogens is 462 g/mol. The van der Waals surface area contributed by atoms with Gasteiger partial charge in [-0.05, 0) is 67.1 Å². The van der Waals surface area contributed by atoms with Crippen LogP contribution in [0.3, 0.4) is 0 Å². The lowest BCUT2D eigenvalue weighted by atomic mass is 9.78. The molecule has 1 fully saturated rings. The Bertz CT molecular complexity index is 1210. The molecule has 1 amide bonds. The minimum atomic E-state index is -4.19. The molecule has 2 aromatic heterocycles. The number of rotatable bonds is 7. The van der Waals surface area contributed by atoms with Gasteiger partial charge in [-0.15, -0.1) is 0 Å². The van der Waals surface area contributed by atoms with Gasteiger partial charge in [-0.2, -0.15) is 13.4 Å². The van der Waals surface area contributed by atoms with Gasteiger partial charge in [0.05, 0.1) is 17.9 Å². The van der Waals surface area contributed by atoms with Crippen molar-refractivity contribution in [2.24, 2.45) is 23.2 Å². The highest BCUT2D eigenvalue weighted by molar-refractivity contribution is 7.90. The summed E-state index contributed by atoms with van der Waals surface area (Å²) in [6.07, 6.45) is 9.86. The molecule has 0 bridgehead atoms. The number of hydrogen-bond donors (Lipinski definition) is 1. The number of allylic oxidation sites excluding steroid dienone is 2. The summed E-state index contributed by atoms with van der Waals surface area (Å²) in [5.41, 5.74) is 0.908. The Labute approximate surface area is 208 Å². The Morgan fingerprint density at radius 3 is 2.63 bits per heavy atom. The molecule has 1 saturated carbocycles. The number of ether oxygens (including phenoxy) is 1. The van der Waals surface area contributed by atoms with Gasteiger partial charge in [0.15, 0.2) is 5.03 Å². The maximum atomic E-state index is 13.2. The van der Waals surface area contributed by atoms with Gasteiger partial charge in [-0.1, -0.05) is 45.9 Å². The largest absolute Gasteiger partial charge is 0.477 e. The minimum Gasteiger partial charge on any atom is -0.477 e. The highest BCUT2D eigenvalue weighted by Gasteiger charge is 2.42. The van der Waals surface area contributed by atoms with Crippen LogP contribution < -0.4 is 9.46 Å². The van der Waals surface area contributed by atoms with Crippen LogP contribution in [-0.4, -0.2) is 30.9 Å². The Kier molecular flexibility index (Phi) is 7.31. The molecular formula is C27H35N3O4S. The van der Waals surface area contributed by atoms with Gasteiger partial charge >= 0.3 is 0 Å². The third kappa shape index (κ3) is 5.74. The molecule has 7 nitrogen and oxygen atoms in total. The zero-order chi connectivity index (χ0) is 25.2. The molecule has 4 atom stereocenters. The first kappa shape index (κ1) is 25.4. The fourth-order valence-corrected chi connectivity index (χ4v) is 6.43. The van der Waals surface area contributed by atoms with Crippen molar-refractivity contribution in [3.63, 3.8) is 0 Å². The molecule has 4 rings (SSSR count). The van der Waals surface area contributed by atoms with Crippen LogP contribution in [0.1, 0.15) is 75.3 Å². The lowest BCUT2D eigenvalue weighted by Gasteiger charge is -2.27. The third-order valence-corrected chi connectivity index (χ3v) is 8.67. The summed E-state index contributed by atoms with van der Waals surface area (Å²) in [4.78, 5) is 21.8. The van der Waals surface area contributed by atoms with Crippen molar-refractivity contribution < 1.29 is 17.9 Å². The van der Waals surface area contributed by atoms with E-state index in [0.717, 1.165) is 25.7 Å². The van der Waals surface area contributed by atoms with Crippen molar-refractivity contribution in [1.29, 1.82) is 0 Å². The van der Waals surface area contributed by atoms with Gasteiger partial charge in [0, 0.05) is 18.2 Å². The predicted molar refractivity (Wildman–Crippen MR) is 135 cm³/mol. The maximum Gasteiger partial charge on any atom is 0.281 e. The Morgan fingerprint density at radius 1 is 1.14 bits per heavy atom. The van der Waals surface area contributed by atoms with Crippen molar-refractivity contribution in [1.82, 2.24) is 14.7 Å². The van der Waals surface area contributed by atoms with Crippen LogP contribution in [0.25, 0.3) is 0 Å².